The number of hydrogen-bond donors (Lipinski definition) is 0. The molecule has 0 spiro atoms. The van der Waals surface area contributed by atoms with Gasteiger partial charge in [0.05, 0.1) is 22.3 Å². The van der Waals surface area contributed by atoms with Gasteiger partial charge in [0.2, 0.25) is 0 Å². The molecule has 0 atom stereocenters. The van der Waals surface area contributed by atoms with Crippen molar-refractivity contribution in [3.05, 3.63) is 55.3 Å². The lowest BCUT2D eigenvalue weighted by atomic mass is 10.0. The second kappa shape index (κ2) is 7.39. The van der Waals surface area contributed by atoms with Gasteiger partial charge < -0.3 is 9.30 Å². The zero-order chi connectivity index (χ0) is 17.1. The molecule has 0 bridgehead atoms. The van der Waals surface area contributed by atoms with E-state index < -0.39 is 11.4 Å². The summed E-state index contributed by atoms with van der Waals surface area (Å²) in [6.45, 7) is 4.15. The van der Waals surface area contributed by atoms with Crippen LogP contribution in [0.2, 0.25) is 15.2 Å². The Kier molecular flexibility index (Phi) is 5.74. The Balaban J connectivity index is 2.84. The Bertz CT molecular complexity index is 815. The maximum atomic E-state index is 12.3. The van der Waals surface area contributed by atoms with Gasteiger partial charge in [-0.1, -0.05) is 40.9 Å². The van der Waals surface area contributed by atoms with Gasteiger partial charge in [-0.2, -0.15) is 0 Å². The van der Waals surface area contributed by atoms with Crippen molar-refractivity contribution in [1.29, 1.82) is 0 Å². The molecular formula is C16H14Cl3NO3. The Morgan fingerprint density at radius 3 is 2.39 bits per heavy atom. The van der Waals surface area contributed by atoms with Crippen LogP contribution in [0.1, 0.15) is 24.2 Å². The quantitative estimate of drug-likeness (QED) is 0.577. The van der Waals surface area contributed by atoms with Crippen molar-refractivity contribution in [3.8, 4) is 11.3 Å². The summed E-state index contributed by atoms with van der Waals surface area (Å²) < 4.78 is 6.66. The number of esters is 1. The molecule has 0 aliphatic heterocycles. The van der Waals surface area contributed by atoms with E-state index in [1.807, 2.05) is 6.92 Å². The standard InChI is InChI=1S/C16H14Cl3NO3/c1-3-20-13(19)8-12(21)14(16(22)23-4-2)15(20)9-5-6-10(17)11(18)7-9/h5-8H,3-4H2,1-2H3. The van der Waals surface area contributed by atoms with Crippen molar-refractivity contribution in [2.75, 3.05) is 6.61 Å². The van der Waals surface area contributed by atoms with Crippen molar-refractivity contribution >= 4 is 40.8 Å². The third kappa shape index (κ3) is 3.55. The van der Waals surface area contributed by atoms with Crippen LogP contribution in [-0.2, 0) is 11.3 Å². The first-order valence-corrected chi connectivity index (χ1v) is 8.09. The topological polar surface area (TPSA) is 48.3 Å². The molecule has 1 aromatic carbocycles. The monoisotopic (exact) mass is 373 g/mol. The summed E-state index contributed by atoms with van der Waals surface area (Å²) >= 11 is 18.2. The largest absolute Gasteiger partial charge is 0.462 e. The first-order valence-electron chi connectivity index (χ1n) is 6.96. The first-order chi connectivity index (χ1) is 10.9. The van der Waals surface area contributed by atoms with Crippen LogP contribution < -0.4 is 5.43 Å². The molecule has 0 aliphatic carbocycles. The van der Waals surface area contributed by atoms with Crippen LogP contribution in [0.15, 0.2) is 29.1 Å². The Hall–Kier alpha value is -1.49. The lowest BCUT2D eigenvalue weighted by Crippen LogP contribution is -2.23. The number of hydrogen-bond acceptors (Lipinski definition) is 3. The number of rotatable bonds is 4. The summed E-state index contributed by atoms with van der Waals surface area (Å²) in [7, 11) is 0. The van der Waals surface area contributed by atoms with Crippen molar-refractivity contribution in [3.63, 3.8) is 0 Å². The smallest absolute Gasteiger partial charge is 0.344 e. The minimum absolute atomic E-state index is 0.0727. The highest BCUT2D eigenvalue weighted by molar-refractivity contribution is 6.42. The summed E-state index contributed by atoms with van der Waals surface area (Å²) in [4.78, 5) is 24.6. The molecular weight excluding hydrogens is 361 g/mol. The number of nitrogens with zero attached hydrogens (tertiary/aromatic N) is 1. The molecule has 0 saturated heterocycles. The molecule has 0 saturated carbocycles. The molecule has 4 nitrogen and oxygen atoms in total. The predicted molar refractivity (Wildman–Crippen MR) is 92.8 cm³/mol. The van der Waals surface area contributed by atoms with Gasteiger partial charge in [-0.3, -0.25) is 4.79 Å². The minimum atomic E-state index is -0.697. The van der Waals surface area contributed by atoms with Crippen molar-refractivity contribution < 1.29 is 9.53 Å². The predicted octanol–water partition coefficient (Wildman–Crippen LogP) is 4.67. The summed E-state index contributed by atoms with van der Waals surface area (Å²) in [5.74, 6) is -0.697. The van der Waals surface area contributed by atoms with Gasteiger partial charge in [0, 0.05) is 18.2 Å². The molecule has 2 rings (SSSR count). The van der Waals surface area contributed by atoms with Crippen molar-refractivity contribution in [2.45, 2.75) is 20.4 Å². The maximum Gasteiger partial charge on any atom is 0.344 e. The maximum absolute atomic E-state index is 12.3. The van der Waals surface area contributed by atoms with E-state index in [4.69, 9.17) is 39.5 Å². The van der Waals surface area contributed by atoms with Gasteiger partial charge >= 0.3 is 5.97 Å². The molecule has 0 unspecified atom stereocenters. The average Bonchev–Trinajstić information content (AvgIpc) is 2.49. The fourth-order valence-corrected chi connectivity index (χ4v) is 2.87. The van der Waals surface area contributed by atoms with Crippen LogP contribution in [0.5, 0.6) is 0 Å². The molecule has 7 heteroatoms. The van der Waals surface area contributed by atoms with Gasteiger partial charge in [-0.15, -0.1) is 0 Å². The SMILES string of the molecule is CCOC(=O)c1c(-c2ccc(Cl)c(Cl)c2)n(CC)c(Cl)cc1=O. The number of pyridine rings is 1. The molecule has 23 heavy (non-hydrogen) atoms. The number of ether oxygens (including phenoxy) is 1. The fraction of sp³-hybridized carbons (Fsp3) is 0.250. The van der Waals surface area contributed by atoms with E-state index in [-0.39, 0.29) is 17.3 Å². The van der Waals surface area contributed by atoms with Gasteiger partial charge in [0.25, 0.3) is 0 Å². The molecule has 0 fully saturated rings. The summed E-state index contributed by atoms with van der Waals surface area (Å²) in [6.07, 6.45) is 0. The van der Waals surface area contributed by atoms with E-state index in [9.17, 15) is 9.59 Å². The highest BCUT2D eigenvalue weighted by Gasteiger charge is 2.23. The second-order valence-corrected chi connectivity index (χ2v) is 5.85. The molecule has 0 aliphatic rings. The zero-order valence-corrected chi connectivity index (χ0v) is 14.8. The third-order valence-electron chi connectivity index (χ3n) is 3.25. The Morgan fingerprint density at radius 2 is 1.83 bits per heavy atom. The number of carbonyl (C=O) groups is 1. The van der Waals surface area contributed by atoms with Crippen LogP contribution >= 0.6 is 34.8 Å². The number of aromatic nitrogens is 1. The molecule has 1 aromatic heterocycles. The highest BCUT2D eigenvalue weighted by Crippen LogP contribution is 2.31. The molecule has 2 aromatic rings. The lowest BCUT2D eigenvalue weighted by Gasteiger charge is -2.17. The third-order valence-corrected chi connectivity index (χ3v) is 4.30. The molecule has 0 amide bonds. The van der Waals surface area contributed by atoms with E-state index in [0.717, 1.165) is 0 Å². The number of halogens is 3. The average molecular weight is 375 g/mol. The fourth-order valence-electron chi connectivity index (χ4n) is 2.27. The van der Waals surface area contributed by atoms with Crippen LogP contribution in [0.25, 0.3) is 11.3 Å². The van der Waals surface area contributed by atoms with Crippen LogP contribution in [0.4, 0.5) is 0 Å². The van der Waals surface area contributed by atoms with E-state index in [2.05, 4.69) is 0 Å². The molecule has 0 radical (unpaired) electrons. The number of carbonyl (C=O) groups excluding carboxylic acids is 1. The second-order valence-electron chi connectivity index (χ2n) is 4.65. The molecule has 122 valence electrons. The van der Waals surface area contributed by atoms with E-state index in [1.165, 1.54) is 6.07 Å². The van der Waals surface area contributed by atoms with Crippen molar-refractivity contribution in [1.82, 2.24) is 4.57 Å². The summed E-state index contributed by atoms with van der Waals surface area (Å²) in [5.41, 5.74) is 0.349. The van der Waals surface area contributed by atoms with Crippen LogP contribution in [-0.4, -0.2) is 17.1 Å². The molecule has 0 N–H and O–H groups in total. The Labute approximate surface area is 148 Å². The first kappa shape index (κ1) is 17.9. The van der Waals surface area contributed by atoms with Crippen molar-refractivity contribution in [2.24, 2.45) is 0 Å². The number of benzene rings is 1. The van der Waals surface area contributed by atoms with Gasteiger partial charge in [0.1, 0.15) is 10.7 Å². The zero-order valence-electron chi connectivity index (χ0n) is 12.5. The van der Waals surface area contributed by atoms with E-state index in [0.29, 0.717) is 27.8 Å². The highest BCUT2D eigenvalue weighted by atomic mass is 35.5. The summed E-state index contributed by atoms with van der Waals surface area (Å²) in [5, 5.41) is 0.918. The minimum Gasteiger partial charge on any atom is -0.462 e. The van der Waals surface area contributed by atoms with Gasteiger partial charge in [0.15, 0.2) is 5.43 Å². The van der Waals surface area contributed by atoms with E-state index >= 15 is 0 Å². The van der Waals surface area contributed by atoms with Gasteiger partial charge in [-0.25, -0.2) is 4.79 Å². The summed E-state index contributed by atoms with van der Waals surface area (Å²) in [6, 6.07) is 6.07. The van der Waals surface area contributed by atoms with E-state index in [1.54, 1.807) is 29.7 Å². The molecule has 1 heterocycles. The lowest BCUT2D eigenvalue weighted by molar-refractivity contribution is 0.0525. The van der Waals surface area contributed by atoms with Gasteiger partial charge in [-0.05, 0) is 26.0 Å². The van der Waals surface area contributed by atoms with Crippen LogP contribution in [0, 0.1) is 0 Å². The Morgan fingerprint density at radius 1 is 1.13 bits per heavy atom. The normalized spacial score (nSPS) is 10.7. The van der Waals surface area contributed by atoms with Crippen LogP contribution in [0.3, 0.4) is 0 Å².